The molecule has 0 bridgehead atoms. The standard InChI is InChI=1S/C17H16ClFO3/c1-17(2,22)11-8-14(16(20)21)13(15(19)9-11)7-10-3-5-12(18)6-4-10/h3-9,14,22H,1-2H3,(H,20,21). The zero-order valence-electron chi connectivity index (χ0n) is 12.2. The number of benzene rings is 1. The number of hydrogen-bond donors (Lipinski definition) is 2. The first-order valence-corrected chi connectivity index (χ1v) is 7.08. The first-order valence-electron chi connectivity index (χ1n) is 6.70. The molecule has 2 rings (SSSR count). The van der Waals surface area contributed by atoms with Gasteiger partial charge in [0.05, 0.1) is 5.60 Å². The normalized spacial score (nSPS) is 20.6. The second-order valence-corrected chi connectivity index (χ2v) is 6.08. The van der Waals surface area contributed by atoms with Gasteiger partial charge in [0.2, 0.25) is 0 Å². The van der Waals surface area contributed by atoms with Crippen molar-refractivity contribution in [1.82, 2.24) is 0 Å². The number of carbonyl (C=O) groups is 1. The average Bonchev–Trinajstić information content (AvgIpc) is 2.41. The number of halogens is 2. The van der Waals surface area contributed by atoms with Crippen LogP contribution in [0.25, 0.3) is 6.08 Å². The molecule has 0 aliphatic heterocycles. The number of hydrogen-bond acceptors (Lipinski definition) is 2. The Morgan fingerprint density at radius 2 is 1.91 bits per heavy atom. The first kappa shape index (κ1) is 16.5. The van der Waals surface area contributed by atoms with Crippen LogP contribution in [-0.4, -0.2) is 21.8 Å². The van der Waals surface area contributed by atoms with E-state index in [1.165, 1.54) is 32.1 Å². The largest absolute Gasteiger partial charge is 0.481 e. The molecule has 5 heteroatoms. The molecule has 1 atom stereocenters. The van der Waals surface area contributed by atoms with Gasteiger partial charge in [-0.15, -0.1) is 0 Å². The maximum absolute atomic E-state index is 14.4. The van der Waals surface area contributed by atoms with Crippen molar-refractivity contribution in [1.29, 1.82) is 0 Å². The summed E-state index contributed by atoms with van der Waals surface area (Å²) in [6.45, 7) is 2.96. The summed E-state index contributed by atoms with van der Waals surface area (Å²) in [5.41, 5.74) is -0.376. The molecule has 0 heterocycles. The van der Waals surface area contributed by atoms with Crippen LogP contribution < -0.4 is 0 Å². The fraction of sp³-hybridized carbons (Fsp3) is 0.235. The van der Waals surface area contributed by atoms with Gasteiger partial charge >= 0.3 is 5.97 Å². The first-order chi connectivity index (χ1) is 10.2. The van der Waals surface area contributed by atoms with Gasteiger partial charge < -0.3 is 10.2 Å². The molecule has 0 aromatic heterocycles. The molecule has 1 aliphatic rings. The van der Waals surface area contributed by atoms with Crippen LogP contribution in [0, 0.1) is 5.92 Å². The molecular weight excluding hydrogens is 307 g/mol. The Morgan fingerprint density at radius 1 is 1.32 bits per heavy atom. The Bertz CT molecular complexity index is 679. The average molecular weight is 323 g/mol. The predicted octanol–water partition coefficient (Wildman–Crippen LogP) is 3.99. The summed E-state index contributed by atoms with van der Waals surface area (Å²) in [5.74, 6) is -2.99. The topological polar surface area (TPSA) is 57.5 Å². The van der Waals surface area contributed by atoms with Gasteiger partial charge in [-0.25, -0.2) is 4.39 Å². The van der Waals surface area contributed by atoms with Gasteiger partial charge in [0.15, 0.2) is 0 Å². The Balaban J connectivity index is 2.48. The smallest absolute Gasteiger partial charge is 0.314 e. The van der Waals surface area contributed by atoms with Crippen molar-refractivity contribution in [3.05, 3.63) is 64.0 Å². The minimum absolute atomic E-state index is 0.0443. The number of allylic oxidation sites excluding steroid dienone is 1. The molecule has 22 heavy (non-hydrogen) atoms. The molecule has 1 unspecified atom stereocenters. The third kappa shape index (κ3) is 3.64. The van der Waals surface area contributed by atoms with E-state index in [4.69, 9.17) is 11.6 Å². The van der Waals surface area contributed by atoms with E-state index < -0.39 is 23.3 Å². The van der Waals surface area contributed by atoms with Crippen LogP contribution in [0.15, 0.2) is 53.4 Å². The van der Waals surface area contributed by atoms with Gasteiger partial charge in [-0.2, -0.15) is 0 Å². The van der Waals surface area contributed by atoms with Gasteiger partial charge in [0.1, 0.15) is 11.7 Å². The minimum atomic E-state index is -1.31. The lowest BCUT2D eigenvalue weighted by Crippen LogP contribution is -2.26. The van der Waals surface area contributed by atoms with Crippen LogP contribution in [0.2, 0.25) is 5.02 Å². The van der Waals surface area contributed by atoms with Crippen LogP contribution in [0.4, 0.5) is 4.39 Å². The van der Waals surface area contributed by atoms with Crippen LogP contribution in [0.5, 0.6) is 0 Å². The summed E-state index contributed by atoms with van der Waals surface area (Å²) in [6.07, 6.45) is 4.01. The molecule has 0 spiro atoms. The third-order valence-corrected chi connectivity index (χ3v) is 3.66. The summed E-state index contributed by atoms with van der Waals surface area (Å²) < 4.78 is 14.4. The van der Waals surface area contributed by atoms with Crippen molar-refractivity contribution in [3.63, 3.8) is 0 Å². The second kappa shape index (κ2) is 6.07. The molecule has 1 aromatic rings. The van der Waals surface area contributed by atoms with E-state index in [1.807, 2.05) is 0 Å². The number of aliphatic hydroxyl groups is 1. The third-order valence-electron chi connectivity index (χ3n) is 3.40. The van der Waals surface area contributed by atoms with Gasteiger partial charge in [0.25, 0.3) is 0 Å². The molecule has 0 saturated carbocycles. The van der Waals surface area contributed by atoms with Crippen molar-refractivity contribution in [2.75, 3.05) is 0 Å². The van der Waals surface area contributed by atoms with E-state index in [0.29, 0.717) is 10.6 Å². The molecule has 0 amide bonds. The van der Waals surface area contributed by atoms with Crippen molar-refractivity contribution in [2.45, 2.75) is 19.4 Å². The van der Waals surface area contributed by atoms with Crippen LogP contribution in [-0.2, 0) is 4.79 Å². The Hall–Kier alpha value is -1.91. The lowest BCUT2D eigenvalue weighted by molar-refractivity contribution is -0.138. The maximum Gasteiger partial charge on any atom is 0.314 e. The summed E-state index contributed by atoms with van der Waals surface area (Å²) in [7, 11) is 0. The lowest BCUT2D eigenvalue weighted by atomic mass is 9.83. The molecule has 0 fully saturated rings. The van der Waals surface area contributed by atoms with E-state index in [9.17, 15) is 19.4 Å². The summed E-state index contributed by atoms with van der Waals surface area (Å²) >= 11 is 5.79. The van der Waals surface area contributed by atoms with Crippen molar-refractivity contribution in [2.24, 2.45) is 5.92 Å². The number of aliphatic carboxylic acids is 1. The lowest BCUT2D eigenvalue weighted by Gasteiger charge is -2.25. The summed E-state index contributed by atoms with van der Waals surface area (Å²) in [6, 6.07) is 6.64. The summed E-state index contributed by atoms with van der Waals surface area (Å²) in [5, 5.41) is 19.9. The van der Waals surface area contributed by atoms with E-state index in [-0.39, 0.29) is 11.1 Å². The number of rotatable bonds is 3. The minimum Gasteiger partial charge on any atom is -0.481 e. The van der Waals surface area contributed by atoms with E-state index in [1.54, 1.807) is 24.3 Å². The molecule has 2 N–H and O–H groups in total. The zero-order valence-corrected chi connectivity index (χ0v) is 12.9. The Kier molecular flexibility index (Phi) is 4.54. The SMILES string of the molecule is CC(C)(O)C1=CC(C(=O)O)C(=Cc2ccc(Cl)cc2)C(F)=C1. The molecule has 1 aromatic carbocycles. The Morgan fingerprint density at radius 3 is 2.41 bits per heavy atom. The molecule has 0 saturated heterocycles. The maximum atomic E-state index is 14.4. The molecule has 1 aliphatic carbocycles. The van der Waals surface area contributed by atoms with E-state index >= 15 is 0 Å². The highest BCUT2D eigenvalue weighted by Gasteiger charge is 2.31. The van der Waals surface area contributed by atoms with Gasteiger partial charge in [-0.1, -0.05) is 29.8 Å². The highest BCUT2D eigenvalue weighted by atomic mass is 35.5. The van der Waals surface area contributed by atoms with Crippen molar-refractivity contribution < 1.29 is 19.4 Å². The second-order valence-electron chi connectivity index (χ2n) is 5.64. The van der Waals surface area contributed by atoms with Gasteiger partial charge in [0, 0.05) is 10.6 Å². The van der Waals surface area contributed by atoms with Gasteiger partial charge in [-0.3, -0.25) is 4.79 Å². The Labute approximate surface area is 133 Å². The molecule has 116 valence electrons. The number of carboxylic acid groups (broad SMARTS) is 1. The monoisotopic (exact) mass is 322 g/mol. The fourth-order valence-electron chi connectivity index (χ4n) is 2.17. The van der Waals surface area contributed by atoms with Crippen molar-refractivity contribution in [3.8, 4) is 0 Å². The summed E-state index contributed by atoms with van der Waals surface area (Å²) in [4.78, 5) is 11.4. The number of carboxylic acids is 1. The van der Waals surface area contributed by atoms with E-state index in [0.717, 1.165) is 0 Å². The van der Waals surface area contributed by atoms with Crippen molar-refractivity contribution >= 4 is 23.6 Å². The molecule has 3 nitrogen and oxygen atoms in total. The van der Waals surface area contributed by atoms with Crippen LogP contribution in [0.1, 0.15) is 19.4 Å². The zero-order chi connectivity index (χ0) is 16.5. The highest BCUT2D eigenvalue weighted by molar-refractivity contribution is 6.30. The van der Waals surface area contributed by atoms with Crippen LogP contribution >= 0.6 is 11.6 Å². The fourth-order valence-corrected chi connectivity index (χ4v) is 2.29. The molecular formula is C17H16ClFO3. The molecule has 0 radical (unpaired) electrons. The van der Waals surface area contributed by atoms with E-state index in [2.05, 4.69) is 0 Å². The highest BCUT2D eigenvalue weighted by Crippen LogP contribution is 2.35. The van der Waals surface area contributed by atoms with Gasteiger partial charge in [-0.05, 0) is 49.3 Å². The quantitative estimate of drug-likeness (QED) is 0.884. The van der Waals surface area contributed by atoms with Crippen LogP contribution in [0.3, 0.4) is 0 Å². The predicted molar refractivity (Wildman–Crippen MR) is 84.1 cm³/mol.